The summed E-state index contributed by atoms with van der Waals surface area (Å²) in [5.41, 5.74) is 20.4. The summed E-state index contributed by atoms with van der Waals surface area (Å²) in [6, 6.07) is 92.8. The maximum Gasteiger partial charge on any atom is 0.188 e. The lowest BCUT2D eigenvalue weighted by Gasteiger charge is -2.39. The number of aromatic nitrogens is 8. The van der Waals surface area contributed by atoms with Crippen LogP contribution >= 0.6 is 0 Å². The molecular formula is C84H46N10O. The van der Waals surface area contributed by atoms with Crippen molar-refractivity contribution in [1.82, 2.24) is 37.8 Å². The summed E-state index contributed by atoms with van der Waals surface area (Å²) in [6.07, 6.45) is 7.85. The minimum absolute atomic E-state index is 0.579. The van der Waals surface area contributed by atoms with Crippen LogP contribution in [0.3, 0.4) is 0 Å². The zero-order valence-electron chi connectivity index (χ0n) is 50.4. The second-order valence-corrected chi connectivity index (χ2v) is 24.9. The van der Waals surface area contributed by atoms with Crippen LogP contribution in [0.15, 0.2) is 280 Å². The summed E-state index contributed by atoms with van der Waals surface area (Å²) < 4.78 is 19.2. The van der Waals surface area contributed by atoms with Gasteiger partial charge in [0, 0.05) is 94.0 Å². The van der Waals surface area contributed by atoms with E-state index in [9.17, 15) is 5.26 Å². The molecule has 21 rings (SSSR count). The second-order valence-electron chi connectivity index (χ2n) is 24.9. The Morgan fingerprint density at radius 1 is 0.337 bits per heavy atom. The lowest BCUT2D eigenvalue weighted by molar-refractivity contribution is 0.436. The van der Waals surface area contributed by atoms with E-state index in [-0.39, 0.29) is 0 Å². The molecule has 0 radical (unpaired) electrons. The van der Waals surface area contributed by atoms with E-state index in [4.69, 9.17) is 26.3 Å². The van der Waals surface area contributed by atoms with Crippen molar-refractivity contribution < 1.29 is 4.74 Å². The first-order chi connectivity index (χ1) is 47.0. The number of pyridine rings is 3. The van der Waals surface area contributed by atoms with E-state index < -0.39 is 5.41 Å². The summed E-state index contributed by atoms with van der Waals surface area (Å²) in [5, 5.41) is 20.9. The molecule has 0 amide bonds. The van der Waals surface area contributed by atoms with Crippen molar-refractivity contribution in [3.8, 4) is 57.4 Å². The molecule has 1 spiro atoms. The van der Waals surface area contributed by atoms with E-state index in [2.05, 4.69) is 264 Å². The van der Waals surface area contributed by atoms with Crippen molar-refractivity contribution >= 4 is 115 Å². The molecule has 0 fully saturated rings. The molecule has 0 N–H and O–H groups in total. The van der Waals surface area contributed by atoms with Gasteiger partial charge in [-0.1, -0.05) is 115 Å². The second kappa shape index (κ2) is 18.9. The SMILES string of the molecule is [C-]#[N+]c1ccc2c(c1)c1ccccc1n2-c1cnc2c(c1)C1(c3cc(-n4c5ccccc5c5cc(-n6c7ccccc7c7cc(C#N)ccc76)ccc54)ccc3Oc3ccc(-n4c5ccccc5c5ccncc54)cc31)c1cc(-n3c4ccccc4c4ccccc43)cnc1-2. The highest BCUT2D eigenvalue weighted by Crippen LogP contribution is 2.63. The molecule has 11 nitrogen and oxygen atoms in total. The minimum Gasteiger partial charge on any atom is -0.457 e. The average molecular weight is 1210 g/mol. The van der Waals surface area contributed by atoms with Gasteiger partial charge in [-0.25, -0.2) is 4.85 Å². The Morgan fingerprint density at radius 3 is 1.19 bits per heavy atom. The van der Waals surface area contributed by atoms with E-state index in [0.29, 0.717) is 22.7 Å². The van der Waals surface area contributed by atoms with Crippen LogP contribution < -0.4 is 4.74 Å². The molecule has 0 saturated carbocycles. The molecule has 95 heavy (non-hydrogen) atoms. The first-order valence-electron chi connectivity index (χ1n) is 31.7. The summed E-state index contributed by atoms with van der Waals surface area (Å²) in [7, 11) is 0. The molecule has 0 saturated heterocycles. The summed E-state index contributed by atoms with van der Waals surface area (Å²) in [6.45, 7) is 8.06. The third-order valence-electron chi connectivity index (χ3n) is 20.3. The van der Waals surface area contributed by atoms with Gasteiger partial charge in [0.25, 0.3) is 0 Å². The number of benzene rings is 11. The fraction of sp³-hybridized carbons (Fsp3) is 0.0119. The lowest BCUT2D eigenvalue weighted by Crippen LogP contribution is -2.33. The zero-order valence-corrected chi connectivity index (χ0v) is 50.4. The maximum absolute atomic E-state index is 10.0. The molecule has 0 bridgehead atoms. The Labute approximate surface area is 541 Å². The van der Waals surface area contributed by atoms with Crippen LogP contribution in [0.1, 0.15) is 27.8 Å². The predicted octanol–water partition coefficient (Wildman–Crippen LogP) is 20.2. The normalized spacial score (nSPS) is 14.0. The van der Waals surface area contributed by atoms with Crippen LogP contribution in [-0.4, -0.2) is 37.8 Å². The van der Waals surface area contributed by atoms with Crippen LogP contribution in [0.25, 0.3) is 154 Å². The van der Waals surface area contributed by atoms with Crippen molar-refractivity contribution in [2.45, 2.75) is 5.41 Å². The number of para-hydroxylation sites is 6. The quantitative estimate of drug-likeness (QED) is 0.160. The van der Waals surface area contributed by atoms with Crippen molar-refractivity contribution in [3.63, 3.8) is 0 Å². The minimum atomic E-state index is -1.16. The third kappa shape index (κ3) is 6.81. The molecule has 1 aliphatic heterocycles. The van der Waals surface area contributed by atoms with Gasteiger partial charge in [-0.05, 0) is 145 Å². The smallest absolute Gasteiger partial charge is 0.188 e. The van der Waals surface area contributed by atoms with E-state index in [0.717, 1.165) is 171 Å². The van der Waals surface area contributed by atoms with Crippen LogP contribution in [0.2, 0.25) is 0 Å². The Balaban J connectivity index is 0.878. The van der Waals surface area contributed by atoms with Gasteiger partial charge in [-0.2, -0.15) is 5.26 Å². The number of hydrogen-bond donors (Lipinski definition) is 0. The standard InChI is InChI=1S/C84H46N10O/c1-86-50-27-32-77-64(39-50)60-18-6-13-25-75(60)94(77)55-44-69-83(89-47-55)82-68(43-54(46-88-82)93-71-21-9-2-14-56(71)57-15-3-10-22-72(57)93)84(69)66-41-52(29-34-80(66)95-81-35-30-53(42-67(81)84)92-70-20-8-4-16-58(70)62-36-37-87-48-79(62)92)91-74-24-12-7-19-61(74)65-40-51(28-33-78(65)91)90-73-23-11-5-17-59(73)63-38-49(45-85)26-31-76(63)90/h2-44,46-48H. The molecule has 11 aromatic carbocycles. The Hall–Kier alpha value is -13.4. The number of ether oxygens (including phenoxy) is 1. The van der Waals surface area contributed by atoms with Gasteiger partial charge < -0.3 is 27.6 Å². The maximum atomic E-state index is 10.0. The summed E-state index contributed by atoms with van der Waals surface area (Å²) in [5.74, 6) is 1.42. The van der Waals surface area contributed by atoms with Gasteiger partial charge >= 0.3 is 0 Å². The van der Waals surface area contributed by atoms with E-state index >= 15 is 0 Å². The van der Waals surface area contributed by atoms with Crippen molar-refractivity contribution in [2.24, 2.45) is 0 Å². The van der Waals surface area contributed by atoms with Crippen LogP contribution in [0, 0.1) is 17.9 Å². The first-order valence-corrected chi connectivity index (χ1v) is 31.7. The molecule has 11 heteroatoms. The monoisotopic (exact) mass is 1210 g/mol. The van der Waals surface area contributed by atoms with Crippen LogP contribution in [0.5, 0.6) is 11.5 Å². The first kappa shape index (κ1) is 51.4. The van der Waals surface area contributed by atoms with Gasteiger partial charge in [0.2, 0.25) is 0 Å². The number of nitrogens with zero attached hydrogens (tertiary/aromatic N) is 10. The number of rotatable bonds is 5. The van der Waals surface area contributed by atoms with E-state index in [1.54, 1.807) is 0 Å². The molecule has 19 aromatic rings. The highest BCUT2D eigenvalue weighted by atomic mass is 16.5. The highest BCUT2D eigenvalue weighted by Gasteiger charge is 2.54. The van der Waals surface area contributed by atoms with Crippen molar-refractivity contribution in [1.29, 1.82) is 5.26 Å². The fourth-order valence-electron chi connectivity index (χ4n) is 16.5. The van der Waals surface area contributed by atoms with Crippen molar-refractivity contribution in [3.05, 3.63) is 319 Å². The Kier molecular flexibility index (Phi) is 10.2. The van der Waals surface area contributed by atoms with Crippen LogP contribution in [0.4, 0.5) is 5.69 Å². The lowest BCUT2D eigenvalue weighted by atomic mass is 9.66. The van der Waals surface area contributed by atoms with Gasteiger partial charge in [0.1, 0.15) is 11.5 Å². The number of fused-ring (bicyclic) bond motifs is 24. The zero-order chi connectivity index (χ0) is 62.4. The summed E-state index contributed by atoms with van der Waals surface area (Å²) >= 11 is 0. The van der Waals surface area contributed by atoms with E-state index in [1.165, 1.54) is 0 Å². The predicted molar refractivity (Wildman–Crippen MR) is 380 cm³/mol. The van der Waals surface area contributed by atoms with Gasteiger partial charge in [0.15, 0.2) is 5.69 Å². The molecular weight excluding hydrogens is 1160 g/mol. The molecule has 1 atom stereocenters. The number of nitriles is 1. The topological polar surface area (TPSA) is 101 Å². The average Bonchev–Trinajstić information content (AvgIpc) is 1.56. The molecule has 1 aliphatic carbocycles. The molecule has 8 aromatic heterocycles. The van der Waals surface area contributed by atoms with E-state index in [1.807, 2.05) is 49.1 Å². The molecule has 1 unspecified atom stereocenters. The number of hydrogen-bond acceptors (Lipinski definition) is 5. The third-order valence-corrected chi connectivity index (χ3v) is 20.3. The van der Waals surface area contributed by atoms with Crippen LogP contribution in [-0.2, 0) is 5.41 Å². The molecule has 2 aliphatic rings. The fourth-order valence-corrected chi connectivity index (χ4v) is 16.5. The Morgan fingerprint density at radius 2 is 0.705 bits per heavy atom. The molecule has 9 heterocycles. The van der Waals surface area contributed by atoms with Crippen molar-refractivity contribution in [2.75, 3.05) is 0 Å². The Bertz CT molecular complexity index is 6650. The molecule has 438 valence electrons. The highest BCUT2D eigenvalue weighted by molar-refractivity contribution is 6.15. The largest absolute Gasteiger partial charge is 0.457 e. The van der Waals surface area contributed by atoms with Gasteiger partial charge in [-0.15, -0.1) is 0 Å². The van der Waals surface area contributed by atoms with Gasteiger partial charge in [0.05, 0.1) is 120 Å². The van der Waals surface area contributed by atoms with Gasteiger partial charge in [-0.3, -0.25) is 15.0 Å². The summed E-state index contributed by atoms with van der Waals surface area (Å²) in [4.78, 5) is 20.0.